The largest absolute Gasteiger partial charge is 0.495 e. The molecule has 1 N–H and O–H groups in total. The number of hydrogen-bond donors (Lipinski definition) is 1. The third-order valence-electron chi connectivity index (χ3n) is 7.50. The van der Waals surface area contributed by atoms with E-state index in [0.717, 1.165) is 31.1 Å². The third kappa shape index (κ3) is 8.74. The Morgan fingerprint density at radius 1 is 1.18 bits per heavy atom. The smallest absolute Gasteiger partial charge is 0.233 e. The summed E-state index contributed by atoms with van der Waals surface area (Å²) in [6.45, 7) is 9.23. The van der Waals surface area contributed by atoms with Gasteiger partial charge >= 0.3 is 0 Å². The number of aryl methyl sites for hydroxylation is 1. The maximum absolute atomic E-state index is 13.6. The lowest BCUT2D eigenvalue weighted by molar-refractivity contribution is -0.118. The van der Waals surface area contributed by atoms with Crippen LogP contribution in [0.15, 0.2) is 35.4 Å². The fourth-order valence-corrected chi connectivity index (χ4v) is 7.99. The Balaban J connectivity index is 1.75. The van der Waals surface area contributed by atoms with E-state index in [-0.39, 0.29) is 28.3 Å². The van der Waals surface area contributed by atoms with Gasteiger partial charge in [0.05, 0.1) is 13.0 Å². The van der Waals surface area contributed by atoms with Gasteiger partial charge < -0.3 is 18.9 Å². The van der Waals surface area contributed by atoms with Crippen LogP contribution in [0.25, 0.3) is 0 Å². The fraction of sp³-hybridized carbons (Fsp3) is 0.630. The molecular formula is C27H45N3O6SSi2. The Morgan fingerprint density at radius 2 is 1.85 bits per heavy atom. The number of carbonyl (C=O) groups excluding carboxylic acids is 1. The van der Waals surface area contributed by atoms with Crippen LogP contribution in [0.4, 0.5) is 5.82 Å². The van der Waals surface area contributed by atoms with Gasteiger partial charge in [0, 0.05) is 30.5 Å². The summed E-state index contributed by atoms with van der Waals surface area (Å²) in [5, 5.41) is 7.62. The number of anilines is 1. The van der Waals surface area contributed by atoms with Crippen molar-refractivity contribution in [1.82, 2.24) is 9.78 Å². The van der Waals surface area contributed by atoms with Gasteiger partial charge in [0.15, 0.2) is 35.2 Å². The molecule has 1 aliphatic carbocycles. The second-order valence-electron chi connectivity index (χ2n) is 11.1. The van der Waals surface area contributed by atoms with Crippen LogP contribution in [-0.4, -0.2) is 63.3 Å². The van der Waals surface area contributed by atoms with Crippen LogP contribution in [0.1, 0.15) is 63.9 Å². The quantitative estimate of drug-likeness (QED) is 0.247. The van der Waals surface area contributed by atoms with E-state index in [2.05, 4.69) is 37.4 Å². The molecular weight excluding hydrogens is 551 g/mol. The number of rotatable bonds is 15. The number of aromatic nitrogens is 2. The minimum atomic E-state index is -3.45. The summed E-state index contributed by atoms with van der Waals surface area (Å²) >= 11 is 0. The molecule has 3 rings (SSSR count). The molecule has 1 fully saturated rings. The minimum absolute atomic E-state index is 0.121. The van der Waals surface area contributed by atoms with E-state index in [1.54, 1.807) is 12.1 Å². The predicted molar refractivity (Wildman–Crippen MR) is 159 cm³/mol. The lowest BCUT2D eigenvalue weighted by Crippen LogP contribution is -2.36. The number of nitrogens with one attached hydrogen (secondary N) is 1. The van der Waals surface area contributed by atoms with Crippen LogP contribution in [0.3, 0.4) is 0 Å². The molecule has 0 saturated heterocycles. The van der Waals surface area contributed by atoms with E-state index in [9.17, 15) is 13.2 Å². The van der Waals surface area contributed by atoms with Gasteiger partial charge in [-0.05, 0) is 36.5 Å². The highest BCUT2D eigenvalue weighted by atomic mass is 32.2. The lowest BCUT2D eigenvalue weighted by Gasteiger charge is -2.34. The Hall–Kier alpha value is -2.00. The van der Waals surface area contributed by atoms with Gasteiger partial charge in [-0.1, -0.05) is 58.7 Å². The molecule has 12 heteroatoms. The van der Waals surface area contributed by atoms with Crippen LogP contribution < -0.4 is 10.1 Å². The first-order valence-corrected chi connectivity index (χ1v) is 19.8. The molecule has 1 unspecified atom stereocenters. The predicted octanol–water partition coefficient (Wildman–Crippen LogP) is 3.64. The molecule has 1 aromatic carbocycles. The summed E-state index contributed by atoms with van der Waals surface area (Å²) in [5.74, 6) is 0.625. The number of carbonyl (C=O) groups is 1. The van der Waals surface area contributed by atoms with Crippen LogP contribution >= 0.6 is 0 Å². The van der Waals surface area contributed by atoms with Gasteiger partial charge in [-0.15, -0.1) is 0 Å². The van der Waals surface area contributed by atoms with Crippen molar-refractivity contribution < 1.29 is 26.8 Å². The molecule has 1 aromatic heterocycles. The monoisotopic (exact) mass is 595 g/mol. The van der Waals surface area contributed by atoms with Gasteiger partial charge in [-0.2, -0.15) is 5.10 Å². The number of amides is 1. The van der Waals surface area contributed by atoms with Crippen molar-refractivity contribution in [3.8, 4) is 5.75 Å². The third-order valence-corrected chi connectivity index (χ3v) is 9.91. The molecule has 0 aliphatic heterocycles. The molecule has 218 valence electrons. The summed E-state index contributed by atoms with van der Waals surface area (Å²) in [6, 6.07) is 6.78. The molecule has 1 heterocycles. The Kier molecular flexibility index (Phi) is 11.4. The zero-order valence-electron chi connectivity index (χ0n) is 24.2. The summed E-state index contributed by atoms with van der Waals surface area (Å²) in [5.41, 5.74) is 0.597. The molecule has 1 atom stereocenters. The first kappa shape index (κ1) is 31.5. The van der Waals surface area contributed by atoms with E-state index >= 15 is 0 Å². The zero-order chi connectivity index (χ0) is 28.6. The van der Waals surface area contributed by atoms with Crippen molar-refractivity contribution in [2.24, 2.45) is 11.3 Å². The van der Waals surface area contributed by atoms with Crippen LogP contribution in [-0.2, 0) is 30.0 Å². The van der Waals surface area contributed by atoms with Crippen molar-refractivity contribution in [3.05, 3.63) is 36.0 Å². The first-order chi connectivity index (χ1) is 18.5. The average molecular weight is 596 g/mol. The number of nitrogens with zero attached hydrogens (tertiary/aromatic N) is 2. The minimum Gasteiger partial charge on any atom is -0.495 e. The molecule has 2 aromatic rings. The van der Waals surface area contributed by atoms with E-state index in [1.807, 2.05) is 16.9 Å². The van der Waals surface area contributed by atoms with Crippen molar-refractivity contribution >= 4 is 41.1 Å². The van der Waals surface area contributed by atoms with Gasteiger partial charge in [0.1, 0.15) is 16.9 Å². The number of methoxy groups -OCH3 is 1. The average Bonchev–Trinajstić information content (AvgIpc) is 3.57. The molecule has 0 radical (unpaired) electrons. The van der Waals surface area contributed by atoms with Crippen molar-refractivity contribution in [2.75, 3.05) is 18.7 Å². The molecule has 1 saturated carbocycles. The molecule has 9 nitrogen and oxygen atoms in total. The second-order valence-corrected chi connectivity index (χ2v) is 14.9. The number of benzene rings is 1. The maximum atomic E-state index is 13.6. The summed E-state index contributed by atoms with van der Waals surface area (Å²) in [7, 11) is -3.18. The lowest BCUT2D eigenvalue weighted by atomic mass is 9.87. The molecule has 1 aliphatic rings. The van der Waals surface area contributed by atoms with Gasteiger partial charge in [0.2, 0.25) is 5.91 Å². The fourth-order valence-electron chi connectivity index (χ4n) is 5.27. The van der Waals surface area contributed by atoms with Gasteiger partial charge in [-0.25, -0.2) is 8.42 Å². The number of ether oxygens (including phenoxy) is 1. The Bertz CT molecular complexity index is 1190. The standard InChI is InChI=1S/C27H45N3O6SSi2/c1-27(2,26(35-38-5)36-39-6)14-16-30-15-13-24(29-30)28-25(31)21(17-19-9-7-8-10-19)20-11-12-23(37(4,32)33)22(18-20)34-3/h11-13,15,18-19,21,26H,7-10,14,16-17,38-39H2,1-6H3,(H,28,29,31). The number of hydrogen-bond acceptors (Lipinski definition) is 7. The first-order valence-electron chi connectivity index (χ1n) is 13.9. The molecule has 0 spiro atoms. The van der Waals surface area contributed by atoms with E-state index < -0.39 is 35.3 Å². The highest BCUT2D eigenvalue weighted by Gasteiger charge is 2.31. The zero-order valence-corrected chi connectivity index (χ0v) is 27.9. The molecule has 1 amide bonds. The molecule has 0 bridgehead atoms. The summed E-state index contributed by atoms with van der Waals surface area (Å²) in [4.78, 5) is 13.7. The topological polar surface area (TPSA) is 109 Å². The normalized spacial score (nSPS) is 16.9. The van der Waals surface area contributed by atoms with Crippen molar-refractivity contribution in [3.63, 3.8) is 0 Å². The van der Waals surface area contributed by atoms with Crippen molar-refractivity contribution in [1.29, 1.82) is 0 Å². The van der Waals surface area contributed by atoms with Crippen LogP contribution in [0.2, 0.25) is 13.1 Å². The van der Waals surface area contributed by atoms with E-state index in [4.69, 9.17) is 13.6 Å². The van der Waals surface area contributed by atoms with E-state index in [0.29, 0.717) is 24.7 Å². The second kappa shape index (κ2) is 14.1. The SMILES string of the molecule is COc1cc(C(CC2CCCC2)C(=O)Nc2ccn(CCC(C)(C)C(O[SiH2]C)O[SiH2]C)n2)ccc1S(C)(=O)=O. The van der Waals surface area contributed by atoms with Gasteiger partial charge in [0.25, 0.3) is 0 Å². The number of sulfone groups is 1. The summed E-state index contributed by atoms with van der Waals surface area (Å²) in [6.07, 6.45) is 8.93. The highest BCUT2D eigenvalue weighted by Crippen LogP contribution is 2.37. The highest BCUT2D eigenvalue weighted by molar-refractivity contribution is 7.90. The summed E-state index contributed by atoms with van der Waals surface area (Å²) < 4.78 is 43.6. The van der Waals surface area contributed by atoms with Gasteiger partial charge in [-0.3, -0.25) is 9.48 Å². The molecule has 39 heavy (non-hydrogen) atoms. The maximum Gasteiger partial charge on any atom is 0.233 e. The van der Waals surface area contributed by atoms with Crippen LogP contribution in [0.5, 0.6) is 5.75 Å². The van der Waals surface area contributed by atoms with E-state index in [1.165, 1.54) is 26.0 Å². The Morgan fingerprint density at radius 3 is 2.44 bits per heavy atom. The Labute approximate surface area is 238 Å². The van der Waals surface area contributed by atoms with Crippen molar-refractivity contribution in [2.45, 2.75) is 89.1 Å². The van der Waals surface area contributed by atoms with Crippen LogP contribution in [0, 0.1) is 11.3 Å².